The molecule has 0 bridgehead atoms. The van der Waals surface area contributed by atoms with Crippen molar-refractivity contribution in [1.29, 1.82) is 0 Å². The summed E-state index contributed by atoms with van der Waals surface area (Å²) in [4.78, 5) is 61.3. The molecule has 13 nitrogen and oxygen atoms in total. The van der Waals surface area contributed by atoms with E-state index in [0.717, 1.165) is 5.56 Å². The van der Waals surface area contributed by atoms with Gasteiger partial charge in [0, 0.05) is 12.8 Å². The number of phenolic OH excluding ortho intramolecular Hbond substituents is 1. The van der Waals surface area contributed by atoms with Gasteiger partial charge in [0.1, 0.15) is 23.9 Å². The molecule has 9 N–H and O–H groups in total. The van der Waals surface area contributed by atoms with Crippen molar-refractivity contribution in [3.63, 3.8) is 0 Å². The van der Waals surface area contributed by atoms with Gasteiger partial charge in [-0.1, -0.05) is 42.5 Å². The van der Waals surface area contributed by atoms with E-state index in [9.17, 15) is 39.3 Å². The van der Waals surface area contributed by atoms with Crippen LogP contribution in [0, 0.1) is 0 Å². The zero-order valence-electron chi connectivity index (χ0n) is 21.8. The number of hydrogen-bond acceptors (Lipinski definition) is 8. The van der Waals surface area contributed by atoms with Gasteiger partial charge in [-0.15, -0.1) is 0 Å². The highest BCUT2D eigenvalue weighted by Gasteiger charge is 2.33. The number of rotatable bonds is 15. The molecule has 13 heteroatoms. The fourth-order valence-electron chi connectivity index (χ4n) is 3.76. The molecule has 0 aliphatic heterocycles. The average molecular weight is 559 g/mol. The van der Waals surface area contributed by atoms with Crippen LogP contribution in [0.25, 0.3) is 0 Å². The molecule has 0 radical (unpaired) electrons. The summed E-state index contributed by atoms with van der Waals surface area (Å²) in [5, 5.41) is 44.9. The predicted molar refractivity (Wildman–Crippen MR) is 142 cm³/mol. The van der Waals surface area contributed by atoms with Crippen molar-refractivity contribution in [2.45, 2.75) is 62.9 Å². The molecule has 0 aliphatic carbocycles. The highest BCUT2D eigenvalue weighted by Crippen LogP contribution is 2.12. The number of aliphatic hydroxyl groups is 1. The van der Waals surface area contributed by atoms with Crippen LogP contribution in [0.15, 0.2) is 54.6 Å². The highest BCUT2D eigenvalue weighted by molar-refractivity contribution is 5.94. The lowest BCUT2D eigenvalue weighted by molar-refractivity contribution is -0.144. The molecular weight excluding hydrogens is 524 g/mol. The number of benzene rings is 2. The van der Waals surface area contributed by atoms with Gasteiger partial charge in [-0.25, -0.2) is 4.79 Å². The second kappa shape index (κ2) is 15.2. The summed E-state index contributed by atoms with van der Waals surface area (Å²) >= 11 is 0. The molecule has 0 spiro atoms. The number of carboxylic acid groups (broad SMARTS) is 2. The van der Waals surface area contributed by atoms with Crippen LogP contribution in [0.4, 0.5) is 0 Å². The van der Waals surface area contributed by atoms with E-state index in [1.54, 1.807) is 24.3 Å². The number of aliphatic carboxylic acids is 2. The third kappa shape index (κ3) is 10.3. The molecule has 0 heterocycles. The Kier molecular flexibility index (Phi) is 12.0. The van der Waals surface area contributed by atoms with E-state index >= 15 is 0 Å². The lowest BCUT2D eigenvalue weighted by Gasteiger charge is -2.26. The Morgan fingerprint density at radius 3 is 1.90 bits per heavy atom. The van der Waals surface area contributed by atoms with Crippen molar-refractivity contribution in [2.24, 2.45) is 5.73 Å². The first-order valence-electron chi connectivity index (χ1n) is 12.5. The summed E-state index contributed by atoms with van der Waals surface area (Å²) in [5.41, 5.74) is 7.41. The van der Waals surface area contributed by atoms with Gasteiger partial charge < -0.3 is 42.1 Å². The van der Waals surface area contributed by atoms with Crippen molar-refractivity contribution in [1.82, 2.24) is 16.0 Å². The van der Waals surface area contributed by atoms with E-state index in [1.165, 1.54) is 31.2 Å². The first-order chi connectivity index (χ1) is 18.9. The van der Waals surface area contributed by atoms with Crippen LogP contribution in [-0.2, 0) is 36.8 Å². The summed E-state index contributed by atoms with van der Waals surface area (Å²) in [5.74, 6) is -5.35. The molecule has 0 aliphatic rings. The van der Waals surface area contributed by atoms with Crippen molar-refractivity contribution >= 4 is 29.7 Å². The van der Waals surface area contributed by atoms with Gasteiger partial charge in [-0.3, -0.25) is 19.2 Å². The van der Waals surface area contributed by atoms with Crippen molar-refractivity contribution < 1.29 is 44.4 Å². The number of carboxylic acids is 2. The van der Waals surface area contributed by atoms with E-state index in [0.29, 0.717) is 5.56 Å². The number of carbonyl (C=O) groups is 5. The van der Waals surface area contributed by atoms with E-state index in [4.69, 9.17) is 10.8 Å². The maximum atomic E-state index is 13.3. The minimum absolute atomic E-state index is 0.0135. The van der Waals surface area contributed by atoms with Crippen LogP contribution in [0.5, 0.6) is 5.75 Å². The SMILES string of the molecule is CC(O)C(NC(=O)C(Cc1ccc(O)cc1)NC(=O)C(N)Cc1ccccc1)C(=O)NC(CCC(=O)O)C(=O)O. The van der Waals surface area contributed by atoms with Crippen molar-refractivity contribution in [3.05, 3.63) is 65.7 Å². The maximum Gasteiger partial charge on any atom is 0.326 e. The molecule has 2 aromatic carbocycles. The number of nitrogens with two attached hydrogens (primary N) is 1. The smallest absolute Gasteiger partial charge is 0.326 e. The number of hydrogen-bond donors (Lipinski definition) is 8. The largest absolute Gasteiger partial charge is 0.508 e. The average Bonchev–Trinajstić information content (AvgIpc) is 2.90. The van der Waals surface area contributed by atoms with Crippen molar-refractivity contribution in [2.75, 3.05) is 0 Å². The van der Waals surface area contributed by atoms with Gasteiger partial charge in [0.2, 0.25) is 17.7 Å². The molecular formula is C27H34N4O9. The molecule has 0 fully saturated rings. The third-order valence-corrected chi connectivity index (χ3v) is 5.97. The molecule has 40 heavy (non-hydrogen) atoms. The van der Waals surface area contributed by atoms with Crippen LogP contribution in [-0.4, -0.2) is 80.4 Å². The molecule has 5 unspecified atom stereocenters. The Bertz CT molecular complexity index is 1170. The fraction of sp³-hybridized carbons (Fsp3) is 0.370. The molecule has 0 saturated heterocycles. The standard InChI is InChI=1S/C27H34N4O9/c1-15(32)23(26(38)29-20(27(39)40)11-12-22(34)35)31-25(37)21(14-17-7-9-18(33)10-8-17)30-24(36)19(28)13-16-5-3-2-4-6-16/h2-10,15,19-21,23,32-33H,11-14,28H2,1H3,(H,29,38)(H,30,36)(H,31,37)(H,34,35)(H,39,40). The molecule has 3 amide bonds. The predicted octanol–water partition coefficient (Wildman–Crippen LogP) is -0.711. The summed E-state index contributed by atoms with van der Waals surface area (Å²) in [6.45, 7) is 1.20. The molecule has 0 saturated carbocycles. The third-order valence-electron chi connectivity index (χ3n) is 5.97. The van der Waals surface area contributed by atoms with Crippen LogP contribution in [0.3, 0.4) is 0 Å². The topological polar surface area (TPSA) is 228 Å². The molecule has 2 aromatic rings. The van der Waals surface area contributed by atoms with Gasteiger partial charge in [-0.2, -0.15) is 0 Å². The van der Waals surface area contributed by atoms with Gasteiger partial charge in [0.25, 0.3) is 0 Å². The van der Waals surface area contributed by atoms with Crippen LogP contribution in [0.1, 0.15) is 30.9 Å². The first-order valence-corrected chi connectivity index (χ1v) is 12.5. The number of amides is 3. The van der Waals surface area contributed by atoms with Crippen molar-refractivity contribution in [3.8, 4) is 5.75 Å². The Morgan fingerprint density at radius 1 is 0.775 bits per heavy atom. The Morgan fingerprint density at radius 2 is 1.35 bits per heavy atom. The monoisotopic (exact) mass is 558 g/mol. The Labute approximate surface area is 230 Å². The second-order valence-corrected chi connectivity index (χ2v) is 9.29. The van der Waals surface area contributed by atoms with E-state index in [2.05, 4.69) is 16.0 Å². The second-order valence-electron chi connectivity index (χ2n) is 9.29. The molecule has 5 atom stereocenters. The van der Waals surface area contributed by atoms with Crippen LogP contribution >= 0.6 is 0 Å². The van der Waals surface area contributed by atoms with Gasteiger partial charge >= 0.3 is 11.9 Å². The molecule has 216 valence electrons. The number of aromatic hydroxyl groups is 1. The van der Waals surface area contributed by atoms with Gasteiger partial charge in [0.05, 0.1) is 12.1 Å². The Balaban J connectivity index is 2.20. The normalized spacial score (nSPS) is 14.6. The van der Waals surface area contributed by atoms with Crippen LogP contribution < -0.4 is 21.7 Å². The lowest BCUT2D eigenvalue weighted by atomic mass is 10.0. The zero-order valence-corrected chi connectivity index (χ0v) is 21.8. The summed E-state index contributed by atoms with van der Waals surface area (Å²) in [6.07, 6.45) is -2.32. The summed E-state index contributed by atoms with van der Waals surface area (Å²) in [7, 11) is 0. The molecule has 0 aromatic heterocycles. The van der Waals surface area contributed by atoms with Gasteiger partial charge in [-0.05, 0) is 43.0 Å². The minimum Gasteiger partial charge on any atom is -0.508 e. The maximum absolute atomic E-state index is 13.3. The minimum atomic E-state index is -1.63. The van der Waals surface area contributed by atoms with E-state index in [-0.39, 0.29) is 18.6 Å². The van der Waals surface area contributed by atoms with E-state index in [1.807, 2.05) is 6.07 Å². The summed E-state index contributed by atoms with van der Waals surface area (Å²) < 4.78 is 0. The number of aliphatic hydroxyl groups excluding tert-OH is 1. The van der Waals surface area contributed by atoms with Gasteiger partial charge in [0.15, 0.2) is 0 Å². The Hall–Kier alpha value is -4.49. The number of nitrogens with one attached hydrogen (secondary N) is 3. The lowest BCUT2D eigenvalue weighted by Crippen LogP contribution is -2.60. The number of phenols is 1. The quantitative estimate of drug-likeness (QED) is 0.137. The summed E-state index contributed by atoms with van der Waals surface area (Å²) in [6, 6.07) is 9.33. The number of carbonyl (C=O) groups excluding carboxylic acids is 3. The highest BCUT2D eigenvalue weighted by atomic mass is 16.4. The van der Waals surface area contributed by atoms with Crippen LogP contribution in [0.2, 0.25) is 0 Å². The molecule has 2 rings (SSSR count). The first kappa shape index (κ1) is 31.7. The van der Waals surface area contributed by atoms with E-state index < -0.39 is 72.8 Å². The fourth-order valence-corrected chi connectivity index (χ4v) is 3.76. The zero-order chi connectivity index (χ0) is 29.8.